The first kappa shape index (κ1) is 22.2. The lowest BCUT2D eigenvalue weighted by Gasteiger charge is -2.09. The van der Waals surface area contributed by atoms with E-state index in [1.165, 1.54) is 0 Å². The van der Waals surface area contributed by atoms with Crippen molar-refractivity contribution in [2.24, 2.45) is 0 Å². The summed E-state index contributed by atoms with van der Waals surface area (Å²) < 4.78 is 13.4. The van der Waals surface area contributed by atoms with Gasteiger partial charge in [-0.2, -0.15) is 10.4 Å². The van der Waals surface area contributed by atoms with Gasteiger partial charge in [0.1, 0.15) is 11.6 Å². The Morgan fingerprint density at radius 1 is 1.18 bits per heavy atom. The highest BCUT2D eigenvalue weighted by molar-refractivity contribution is 6.02. The molecule has 0 aliphatic carbocycles. The van der Waals surface area contributed by atoms with Crippen LogP contribution in [0.3, 0.4) is 0 Å². The monoisotopic (exact) mass is 442 g/mol. The number of hydrogen-bond donors (Lipinski definition) is 1. The van der Waals surface area contributed by atoms with Crippen LogP contribution in [0.15, 0.2) is 60.3 Å². The largest absolute Gasteiger partial charge is 0.490 e. The second-order valence-electron chi connectivity index (χ2n) is 7.75. The number of nitriles is 1. The molecule has 33 heavy (non-hydrogen) atoms. The first-order chi connectivity index (χ1) is 16.2. The summed E-state index contributed by atoms with van der Waals surface area (Å²) in [6.45, 7) is 4.24. The van der Waals surface area contributed by atoms with E-state index in [1.807, 2.05) is 72.4 Å². The van der Waals surface area contributed by atoms with Gasteiger partial charge in [0.25, 0.3) is 5.91 Å². The van der Waals surface area contributed by atoms with Crippen LogP contribution in [0.4, 0.5) is 0 Å². The van der Waals surface area contributed by atoms with Crippen molar-refractivity contribution >= 4 is 12.0 Å². The Kier molecular flexibility index (Phi) is 7.06. The van der Waals surface area contributed by atoms with Gasteiger partial charge < -0.3 is 14.8 Å². The molecule has 0 spiro atoms. The van der Waals surface area contributed by atoms with Crippen LogP contribution >= 0.6 is 0 Å². The Hall–Kier alpha value is -4.05. The second-order valence-corrected chi connectivity index (χ2v) is 7.75. The third-order valence-electron chi connectivity index (χ3n) is 5.20. The minimum atomic E-state index is -0.389. The molecule has 0 fully saturated rings. The van der Waals surface area contributed by atoms with Gasteiger partial charge in [-0.05, 0) is 36.3 Å². The number of benzene rings is 2. The maximum atomic E-state index is 12.4. The van der Waals surface area contributed by atoms with Gasteiger partial charge in [-0.1, -0.05) is 37.3 Å². The molecule has 2 heterocycles. The van der Waals surface area contributed by atoms with Crippen LogP contribution in [0.2, 0.25) is 0 Å². The van der Waals surface area contributed by atoms with E-state index >= 15 is 0 Å². The van der Waals surface area contributed by atoms with Crippen molar-refractivity contribution in [3.05, 3.63) is 71.4 Å². The van der Waals surface area contributed by atoms with Crippen LogP contribution in [-0.4, -0.2) is 35.4 Å². The fourth-order valence-corrected chi connectivity index (χ4v) is 3.57. The zero-order chi connectivity index (χ0) is 23.0. The Morgan fingerprint density at radius 2 is 1.97 bits per heavy atom. The van der Waals surface area contributed by atoms with Crippen LogP contribution < -0.4 is 14.8 Å². The minimum Gasteiger partial charge on any atom is -0.490 e. The van der Waals surface area contributed by atoms with Crippen molar-refractivity contribution in [3.63, 3.8) is 0 Å². The molecule has 1 aliphatic rings. The fourth-order valence-electron chi connectivity index (χ4n) is 3.57. The lowest BCUT2D eigenvalue weighted by atomic mass is 10.1. The molecule has 0 radical (unpaired) electrons. The number of amides is 1. The number of rotatable bonds is 7. The number of hydrogen-bond acceptors (Lipinski definition) is 5. The number of aromatic nitrogens is 2. The van der Waals surface area contributed by atoms with Crippen LogP contribution in [0.25, 0.3) is 17.3 Å². The van der Waals surface area contributed by atoms with Crippen LogP contribution in [0, 0.1) is 11.3 Å². The average Bonchev–Trinajstić information content (AvgIpc) is 3.08. The predicted molar refractivity (Wildman–Crippen MR) is 126 cm³/mol. The summed E-state index contributed by atoms with van der Waals surface area (Å²) in [5, 5.41) is 17.2. The van der Waals surface area contributed by atoms with Crippen LogP contribution in [0.1, 0.15) is 30.9 Å². The second kappa shape index (κ2) is 10.5. The molecule has 1 N–H and O–H groups in total. The van der Waals surface area contributed by atoms with E-state index in [4.69, 9.17) is 14.6 Å². The summed E-state index contributed by atoms with van der Waals surface area (Å²) in [6, 6.07) is 17.7. The van der Waals surface area contributed by atoms with E-state index in [1.54, 1.807) is 6.08 Å². The van der Waals surface area contributed by atoms with Gasteiger partial charge >= 0.3 is 0 Å². The van der Waals surface area contributed by atoms with E-state index in [2.05, 4.69) is 5.32 Å². The normalized spacial score (nSPS) is 13.2. The molecule has 1 amide bonds. The van der Waals surface area contributed by atoms with Gasteiger partial charge in [-0.3, -0.25) is 9.48 Å². The summed E-state index contributed by atoms with van der Waals surface area (Å²) in [5.41, 5.74) is 3.31. The fraction of sp³-hybridized carbons (Fsp3) is 0.269. The highest BCUT2D eigenvalue weighted by Crippen LogP contribution is 2.35. The quantitative estimate of drug-likeness (QED) is 0.438. The van der Waals surface area contributed by atoms with E-state index in [0.29, 0.717) is 49.1 Å². The molecule has 3 aromatic rings. The predicted octanol–water partition coefficient (Wildman–Crippen LogP) is 4.19. The zero-order valence-corrected chi connectivity index (χ0v) is 18.6. The Bertz CT molecular complexity index is 1190. The Labute approximate surface area is 193 Å². The van der Waals surface area contributed by atoms with Crippen LogP contribution in [0.5, 0.6) is 11.5 Å². The topological polar surface area (TPSA) is 89.2 Å². The molecule has 7 nitrogen and oxygen atoms in total. The van der Waals surface area contributed by atoms with Crippen molar-refractivity contribution in [2.75, 3.05) is 19.8 Å². The van der Waals surface area contributed by atoms with Crippen LogP contribution in [-0.2, 0) is 11.3 Å². The Morgan fingerprint density at radius 3 is 2.73 bits per heavy atom. The summed E-state index contributed by atoms with van der Waals surface area (Å²) in [5.74, 6) is 0.979. The highest BCUT2D eigenvalue weighted by atomic mass is 16.5. The molecule has 1 aromatic heterocycles. The standard InChI is InChI=1S/C26H26N4O3/c1-2-11-28-26(31)21(16-27)14-22-18-30(17-19-7-4-3-5-8-19)29-25(22)20-9-10-23-24(15-20)33-13-6-12-32-23/h3-5,7-10,14-15,18H,2,6,11-13,17H2,1H3,(H,28,31)/b21-14+. The molecule has 0 saturated heterocycles. The SMILES string of the molecule is CCCNC(=O)/C(C#N)=C/c1cn(Cc2ccccc2)nc1-c1ccc2c(c1)OCCCO2. The maximum absolute atomic E-state index is 12.4. The summed E-state index contributed by atoms with van der Waals surface area (Å²) >= 11 is 0. The average molecular weight is 443 g/mol. The third-order valence-corrected chi connectivity index (χ3v) is 5.20. The van der Waals surface area contributed by atoms with Gasteiger partial charge in [0.05, 0.1) is 25.5 Å². The van der Waals surface area contributed by atoms with E-state index in [0.717, 1.165) is 24.0 Å². The third kappa shape index (κ3) is 5.42. The van der Waals surface area contributed by atoms with E-state index < -0.39 is 0 Å². The lowest BCUT2D eigenvalue weighted by Crippen LogP contribution is -2.25. The molecule has 7 heteroatoms. The molecule has 168 valence electrons. The van der Waals surface area contributed by atoms with Crippen molar-refractivity contribution < 1.29 is 14.3 Å². The maximum Gasteiger partial charge on any atom is 0.261 e. The van der Waals surface area contributed by atoms with Crippen molar-refractivity contribution in [2.45, 2.75) is 26.3 Å². The van der Waals surface area contributed by atoms with Crippen molar-refractivity contribution in [3.8, 4) is 28.8 Å². The van der Waals surface area contributed by atoms with Crippen molar-refractivity contribution in [1.29, 1.82) is 5.26 Å². The molecular formula is C26H26N4O3. The number of carbonyl (C=O) groups excluding carboxylic acids is 1. The zero-order valence-electron chi connectivity index (χ0n) is 18.6. The smallest absolute Gasteiger partial charge is 0.261 e. The number of nitrogens with zero attached hydrogens (tertiary/aromatic N) is 3. The molecule has 1 aliphatic heterocycles. The number of fused-ring (bicyclic) bond motifs is 1. The van der Waals surface area contributed by atoms with Crippen molar-refractivity contribution in [1.82, 2.24) is 15.1 Å². The molecule has 0 unspecified atom stereocenters. The highest BCUT2D eigenvalue weighted by Gasteiger charge is 2.17. The molecule has 2 aromatic carbocycles. The molecular weight excluding hydrogens is 416 g/mol. The van der Waals surface area contributed by atoms with Gasteiger partial charge in [0.2, 0.25) is 0 Å². The van der Waals surface area contributed by atoms with Gasteiger partial charge in [0, 0.05) is 30.3 Å². The first-order valence-corrected chi connectivity index (χ1v) is 11.1. The number of nitrogens with one attached hydrogen (secondary N) is 1. The first-order valence-electron chi connectivity index (χ1n) is 11.1. The van der Waals surface area contributed by atoms with E-state index in [9.17, 15) is 10.1 Å². The lowest BCUT2D eigenvalue weighted by molar-refractivity contribution is -0.117. The molecule has 0 saturated carbocycles. The molecule has 0 atom stereocenters. The van der Waals surface area contributed by atoms with E-state index in [-0.39, 0.29) is 11.5 Å². The summed E-state index contributed by atoms with van der Waals surface area (Å²) in [6.07, 6.45) is 5.07. The molecule has 4 rings (SSSR count). The molecule has 0 bridgehead atoms. The Balaban J connectivity index is 1.74. The number of carbonyl (C=O) groups is 1. The van der Waals surface area contributed by atoms with Gasteiger partial charge in [0.15, 0.2) is 11.5 Å². The summed E-state index contributed by atoms with van der Waals surface area (Å²) in [7, 11) is 0. The van der Waals surface area contributed by atoms with Gasteiger partial charge in [-0.15, -0.1) is 0 Å². The number of ether oxygens (including phenoxy) is 2. The summed E-state index contributed by atoms with van der Waals surface area (Å²) in [4.78, 5) is 12.4. The van der Waals surface area contributed by atoms with Gasteiger partial charge in [-0.25, -0.2) is 0 Å². The minimum absolute atomic E-state index is 0.0401.